The number of hydrazone groups is 1. The summed E-state index contributed by atoms with van der Waals surface area (Å²) >= 11 is 0. The minimum absolute atomic E-state index is 0.809. The molecule has 0 aromatic heterocycles. The summed E-state index contributed by atoms with van der Waals surface area (Å²) in [6.07, 6.45) is 0. The maximum Gasteiger partial charge on any atom is 0.161 e. The standard InChI is InChI=1S/C11H13N3/c1-8-6-4-5-7-10(8)11-13-12-9(2)14(11)3/h4-7,12H,2H2,1,3H3. The number of aryl methyl sites for hydroxylation is 1. The Hall–Kier alpha value is -1.77. The average Bonchev–Trinajstić information content (AvgIpc) is 2.49. The Bertz CT molecular complexity index is 407. The molecule has 0 atom stereocenters. The molecule has 1 aromatic carbocycles. The normalized spacial score (nSPS) is 15.4. The third kappa shape index (κ3) is 1.27. The van der Waals surface area contributed by atoms with E-state index in [2.05, 4.69) is 36.2 Å². The Morgan fingerprint density at radius 2 is 2.07 bits per heavy atom. The van der Waals surface area contributed by atoms with Crippen molar-refractivity contribution >= 4 is 5.84 Å². The number of hydrogen-bond donors (Lipinski definition) is 1. The van der Waals surface area contributed by atoms with Gasteiger partial charge in [-0.1, -0.05) is 30.8 Å². The number of nitrogens with one attached hydrogen (secondary N) is 1. The van der Waals surface area contributed by atoms with Gasteiger partial charge in [-0.05, 0) is 12.5 Å². The first-order valence-corrected chi connectivity index (χ1v) is 4.52. The van der Waals surface area contributed by atoms with Gasteiger partial charge in [0, 0.05) is 12.6 Å². The van der Waals surface area contributed by atoms with Gasteiger partial charge in [0.2, 0.25) is 0 Å². The zero-order chi connectivity index (χ0) is 10.1. The molecule has 1 aliphatic rings. The molecule has 0 bridgehead atoms. The van der Waals surface area contributed by atoms with E-state index in [-0.39, 0.29) is 0 Å². The molecule has 14 heavy (non-hydrogen) atoms. The zero-order valence-electron chi connectivity index (χ0n) is 8.41. The Morgan fingerprint density at radius 3 is 2.64 bits per heavy atom. The molecule has 72 valence electrons. The third-order valence-electron chi connectivity index (χ3n) is 2.40. The van der Waals surface area contributed by atoms with Crippen molar-refractivity contribution in [2.45, 2.75) is 6.92 Å². The molecule has 3 heteroatoms. The summed E-state index contributed by atoms with van der Waals surface area (Å²) in [6.45, 7) is 5.92. The lowest BCUT2D eigenvalue weighted by molar-refractivity contribution is 0.618. The van der Waals surface area contributed by atoms with Crippen molar-refractivity contribution in [2.75, 3.05) is 7.05 Å². The molecule has 1 N–H and O–H groups in total. The number of amidine groups is 1. The number of rotatable bonds is 1. The highest BCUT2D eigenvalue weighted by Crippen LogP contribution is 2.15. The second-order valence-electron chi connectivity index (χ2n) is 3.37. The van der Waals surface area contributed by atoms with Gasteiger partial charge in [-0.2, -0.15) is 5.10 Å². The first-order valence-electron chi connectivity index (χ1n) is 4.52. The summed E-state index contributed by atoms with van der Waals surface area (Å²) < 4.78 is 0. The van der Waals surface area contributed by atoms with Gasteiger partial charge in [0.05, 0.1) is 0 Å². The van der Waals surface area contributed by atoms with Gasteiger partial charge >= 0.3 is 0 Å². The molecule has 0 unspecified atom stereocenters. The Kier molecular flexibility index (Phi) is 2.00. The summed E-state index contributed by atoms with van der Waals surface area (Å²) in [5.41, 5.74) is 5.22. The number of benzene rings is 1. The Labute approximate surface area is 83.7 Å². The van der Waals surface area contributed by atoms with Crippen molar-refractivity contribution in [3.63, 3.8) is 0 Å². The first kappa shape index (κ1) is 8.81. The lowest BCUT2D eigenvalue weighted by Gasteiger charge is -2.14. The Morgan fingerprint density at radius 1 is 1.36 bits per heavy atom. The van der Waals surface area contributed by atoms with Gasteiger partial charge < -0.3 is 4.90 Å². The summed E-state index contributed by atoms with van der Waals surface area (Å²) in [5, 5.41) is 4.22. The molecule has 0 aliphatic carbocycles. The van der Waals surface area contributed by atoms with E-state index >= 15 is 0 Å². The van der Waals surface area contributed by atoms with Crippen LogP contribution in [0.2, 0.25) is 0 Å². The summed E-state index contributed by atoms with van der Waals surface area (Å²) in [5.74, 6) is 1.73. The number of nitrogens with zero attached hydrogens (tertiary/aromatic N) is 2. The van der Waals surface area contributed by atoms with Crippen LogP contribution in [0.15, 0.2) is 41.8 Å². The highest BCUT2D eigenvalue weighted by Gasteiger charge is 2.18. The van der Waals surface area contributed by atoms with Crippen LogP contribution in [0.4, 0.5) is 0 Å². The van der Waals surface area contributed by atoms with Gasteiger partial charge in [0.15, 0.2) is 5.84 Å². The maximum atomic E-state index is 4.22. The van der Waals surface area contributed by atoms with Crippen LogP contribution in [0.3, 0.4) is 0 Å². The molecule has 0 fully saturated rings. The molecule has 0 saturated heterocycles. The fourth-order valence-electron chi connectivity index (χ4n) is 1.46. The molecule has 2 rings (SSSR count). The topological polar surface area (TPSA) is 27.6 Å². The molecule has 3 nitrogen and oxygen atoms in total. The molecule has 1 heterocycles. The van der Waals surface area contributed by atoms with Crippen molar-refractivity contribution in [1.29, 1.82) is 0 Å². The second-order valence-corrected chi connectivity index (χ2v) is 3.37. The minimum Gasteiger partial charge on any atom is -0.313 e. The molecule has 0 amide bonds. The van der Waals surface area contributed by atoms with Crippen LogP contribution in [0.25, 0.3) is 0 Å². The molecule has 0 spiro atoms. The van der Waals surface area contributed by atoms with Crippen LogP contribution >= 0.6 is 0 Å². The van der Waals surface area contributed by atoms with E-state index in [9.17, 15) is 0 Å². The fraction of sp³-hybridized carbons (Fsp3) is 0.182. The van der Waals surface area contributed by atoms with Crippen LogP contribution in [0.5, 0.6) is 0 Å². The lowest BCUT2D eigenvalue weighted by atomic mass is 10.1. The Balaban J connectivity index is 2.42. The summed E-state index contributed by atoms with van der Waals surface area (Å²) in [4.78, 5) is 1.95. The van der Waals surface area contributed by atoms with Crippen molar-refractivity contribution in [2.24, 2.45) is 5.10 Å². The van der Waals surface area contributed by atoms with E-state index in [1.54, 1.807) is 0 Å². The second kappa shape index (κ2) is 3.18. The zero-order valence-corrected chi connectivity index (χ0v) is 8.41. The molecule has 1 aromatic rings. The molecule has 1 aliphatic heterocycles. The van der Waals surface area contributed by atoms with Crippen LogP contribution in [-0.4, -0.2) is 17.8 Å². The van der Waals surface area contributed by atoms with Crippen LogP contribution in [0.1, 0.15) is 11.1 Å². The minimum atomic E-state index is 0.809. The van der Waals surface area contributed by atoms with Crippen molar-refractivity contribution in [3.05, 3.63) is 47.8 Å². The fourth-order valence-corrected chi connectivity index (χ4v) is 1.46. The monoisotopic (exact) mass is 187 g/mol. The molecule has 0 radical (unpaired) electrons. The van der Waals surface area contributed by atoms with E-state index < -0.39 is 0 Å². The van der Waals surface area contributed by atoms with Gasteiger partial charge in [-0.15, -0.1) is 0 Å². The third-order valence-corrected chi connectivity index (χ3v) is 2.40. The van der Waals surface area contributed by atoms with Gasteiger partial charge in [0.25, 0.3) is 0 Å². The molecular formula is C11H13N3. The van der Waals surface area contributed by atoms with Gasteiger partial charge in [0.1, 0.15) is 5.82 Å². The van der Waals surface area contributed by atoms with Crippen LogP contribution in [-0.2, 0) is 0 Å². The summed E-state index contributed by atoms with van der Waals surface area (Å²) in [6, 6.07) is 8.17. The van der Waals surface area contributed by atoms with Crippen LogP contribution < -0.4 is 5.43 Å². The van der Waals surface area contributed by atoms with Gasteiger partial charge in [-0.25, -0.2) is 0 Å². The van der Waals surface area contributed by atoms with E-state index in [4.69, 9.17) is 0 Å². The quantitative estimate of drug-likeness (QED) is 0.724. The van der Waals surface area contributed by atoms with Crippen molar-refractivity contribution in [3.8, 4) is 0 Å². The lowest BCUT2D eigenvalue weighted by Crippen LogP contribution is -2.23. The van der Waals surface area contributed by atoms with E-state index in [1.165, 1.54) is 5.56 Å². The number of hydrogen-bond acceptors (Lipinski definition) is 3. The molecular weight excluding hydrogens is 174 g/mol. The highest BCUT2D eigenvalue weighted by molar-refractivity contribution is 6.01. The molecule has 0 saturated carbocycles. The van der Waals surface area contributed by atoms with E-state index in [1.807, 2.05) is 24.1 Å². The maximum absolute atomic E-state index is 4.22. The first-order chi connectivity index (χ1) is 6.70. The van der Waals surface area contributed by atoms with E-state index in [0.29, 0.717) is 0 Å². The summed E-state index contributed by atoms with van der Waals surface area (Å²) in [7, 11) is 1.95. The largest absolute Gasteiger partial charge is 0.313 e. The van der Waals surface area contributed by atoms with Gasteiger partial charge in [-0.3, -0.25) is 5.43 Å². The van der Waals surface area contributed by atoms with E-state index in [0.717, 1.165) is 17.2 Å². The highest BCUT2D eigenvalue weighted by atomic mass is 15.5. The predicted molar refractivity (Wildman–Crippen MR) is 57.8 cm³/mol. The smallest absolute Gasteiger partial charge is 0.161 e. The predicted octanol–water partition coefficient (Wildman–Crippen LogP) is 1.66. The van der Waals surface area contributed by atoms with Crippen molar-refractivity contribution < 1.29 is 0 Å². The SMILES string of the molecule is C=C1NN=C(c2ccccc2C)N1C. The van der Waals surface area contributed by atoms with Crippen LogP contribution in [0, 0.1) is 6.92 Å². The van der Waals surface area contributed by atoms with Crippen molar-refractivity contribution in [1.82, 2.24) is 10.3 Å². The average molecular weight is 187 g/mol.